The van der Waals surface area contributed by atoms with Gasteiger partial charge in [-0.05, 0) is 19.1 Å². The maximum absolute atomic E-state index is 12.5. The molecule has 0 saturated heterocycles. The van der Waals surface area contributed by atoms with Crippen molar-refractivity contribution in [1.82, 2.24) is 10.2 Å². The number of anilines is 1. The number of nitrogens with one attached hydrogen (secondary N) is 2. The number of carbonyl (C=O) groups excluding carboxylic acids is 2. The van der Waals surface area contributed by atoms with E-state index in [1.807, 2.05) is 0 Å². The van der Waals surface area contributed by atoms with Crippen LogP contribution in [0.1, 0.15) is 6.92 Å². The fourth-order valence-corrected chi connectivity index (χ4v) is 1.98. The van der Waals surface area contributed by atoms with E-state index >= 15 is 0 Å². The summed E-state index contributed by atoms with van der Waals surface area (Å²) in [5.74, 6) is -2.72. The molecule has 24 heavy (non-hydrogen) atoms. The van der Waals surface area contributed by atoms with E-state index < -0.39 is 24.0 Å². The van der Waals surface area contributed by atoms with E-state index in [1.54, 1.807) is 30.3 Å². The van der Waals surface area contributed by atoms with Gasteiger partial charge in [-0.1, -0.05) is 18.2 Å². The van der Waals surface area contributed by atoms with Crippen LogP contribution in [0.2, 0.25) is 0 Å². The molecule has 0 aliphatic heterocycles. The molecule has 132 valence electrons. The van der Waals surface area contributed by atoms with Gasteiger partial charge in [0, 0.05) is 19.8 Å². The summed E-state index contributed by atoms with van der Waals surface area (Å²) in [6, 6.07) is 7.35. The summed E-state index contributed by atoms with van der Waals surface area (Å²) in [5.41, 5.74) is 5.93. The second-order valence-electron chi connectivity index (χ2n) is 4.99. The van der Waals surface area contributed by atoms with Crippen molar-refractivity contribution in [3.63, 3.8) is 0 Å². The number of nitrogens with two attached hydrogens (primary N) is 1. The molecular weight excluding hydrogens is 325 g/mol. The highest BCUT2D eigenvalue weighted by molar-refractivity contribution is 6.03. The molecule has 0 bridgehead atoms. The molecule has 0 spiro atoms. The maximum Gasteiger partial charge on any atom is 0.471 e. The van der Waals surface area contributed by atoms with Gasteiger partial charge >= 0.3 is 12.1 Å². The minimum Gasteiger partial charge on any atom is -0.393 e. The molecule has 1 atom stereocenters. The van der Waals surface area contributed by atoms with Crippen molar-refractivity contribution in [2.45, 2.75) is 19.1 Å². The summed E-state index contributed by atoms with van der Waals surface area (Å²) < 4.78 is 37.6. The number of likely N-dealkylation sites (N-methyl/N-ethyl adjacent to an activating group) is 2. The van der Waals surface area contributed by atoms with Crippen LogP contribution in [0.25, 0.3) is 0 Å². The van der Waals surface area contributed by atoms with Crippen molar-refractivity contribution >= 4 is 17.5 Å². The molecule has 1 aromatic rings. The summed E-state index contributed by atoms with van der Waals surface area (Å²) in [7, 11) is 2.39. The Morgan fingerprint density at radius 3 is 2.21 bits per heavy atom. The van der Waals surface area contributed by atoms with E-state index in [9.17, 15) is 22.8 Å². The van der Waals surface area contributed by atoms with Gasteiger partial charge in [0.1, 0.15) is 5.70 Å². The SMILES string of the molecule is CN/C(=C(/N)C(=O)Nc1ccccc1)C(C)N(C)C(=O)C(F)(F)F. The lowest BCUT2D eigenvalue weighted by atomic mass is 10.1. The Hall–Kier alpha value is -2.71. The molecule has 0 saturated carbocycles. The van der Waals surface area contributed by atoms with E-state index in [0.29, 0.717) is 10.6 Å². The molecule has 0 radical (unpaired) electrons. The molecule has 4 N–H and O–H groups in total. The van der Waals surface area contributed by atoms with Crippen LogP contribution in [-0.4, -0.2) is 43.0 Å². The Balaban J connectivity index is 3.01. The zero-order valence-electron chi connectivity index (χ0n) is 13.4. The highest BCUT2D eigenvalue weighted by Crippen LogP contribution is 2.21. The van der Waals surface area contributed by atoms with Gasteiger partial charge in [0.2, 0.25) is 0 Å². The number of hydrogen-bond acceptors (Lipinski definition) is 4. The summed E-state index contributed by atoms with van der Waals surface area (Å²) in [5, 5.41) is 5.11. The van der Waals surface area contributed by atoms with E-state index in [2.05, 4.69) is 10.6 Å². The predicted octanol–water partition coefficient (Wildman–Crippen LogP) is 1.42. The number of halogens is 3. The molecular formula is C15H19F3N4O2. The second kappa shape index (κ2) is 7.71. The molecule has 0 aliphatic rings. The van der Waals surface area contributed by atoms with Gasteiger partial charge in [-0.2, -0.15) is 13.2 Å². The quantitative estimate of drug-likeness (QED) is 0.705. The van der Waals surface area contributed by atoms with Crippen molar-refractivity contribution in [3.8, 4) is 0 Å². The molecule has 1 unspecified atom stereocenters. The zero-order chi connectivity index (χ0) is 18.5. The van der Waals surface area contributed by atoms with Crippen LogP contribution in [0.3, 0.4) is 0 Å². The van der Waals surface area contributed by atoms with Crippen molar-refractivity contribution < 1.29 is 22.8 Å². The lowest BCUT2D eigenvalue weighted by Gasteiger charge is -2.28. The summed E-state index contributed by atoms with van der Waals surface area (Å²) in [6.45, 7) is 1.33. The Labute approximate surface area is 137 Å². The van der Waals surface area contributed by atoms with Crippen LogP contribution in [0.4, 0.5) is 18.9 Å². The zero-order valence-corrected chi connectivity index (χ0v) is 13.4. The van der Waals surface area contributed by atoms with E-state index in [-0.39, 0.29) is 11.4 Å². The minimum atomic E-state index is -5.01. The van der Waals surface area contributed by atoms with Crippen molar-refractivity contribution in [2.24, 2.45) is 5.73 Å². The Kier molecular flexibility index (Phi) is 6.21. The fourth-order valence-electron chi connectivity index (χ4n) is 1.98. The van der Waals surface area contributed by atoms with Crippen LogP contribution in [0.5, 0.6) is 0 Å². The fraction of sp³-hybridized carbons (Fsp3) is 0.333. The molecule has 2 amide bonds. The number of benzene rings is 1. The van der Waals surface area contributed by atoms with E-state index in [1.165, 1.54) is 14.0 Å². The number of rotatable bonds is 5. The van der Waals surface area contributed by atoms with E-state index in [4.69, 9.17) is 5.73 Å². The highest BCUT2D eigenvalue weighted by Gasteiger charge is 2.43. The third-order valence-corrected chi connectivity index (χ3v) is 3.40. The lowest BCUT2D eigenvalue weighted by molar-refractivity contribution is -0.185. The van der Waals surface area contributed by atoms with Crippen LogP contribution < -0.4 is 16.4 Å². The maximum atomic E-state index is 12.5. The van der Waals surface area contributed by atoms with Crippen LogP contribution in [-0.2, 0) is 9.59 Å². The average Bonchev–Trinajstić information content (AvgIpc) is 2.53. The largest absolute Gasteiger partial charge is 0.471 e. The normalized spacial score (nSPS) is 13.6. The molecule has 0 aliphatic carbocycles. The number of carbonyl (C=O) groups is 2. The van der Waals surface area contributed by atoms with Crippen molar-refractivity contribution in [2.75, 3.05) is 19.4 Å². The average molecular weight is 344 g/mol. The number of hydrogen-bond donors (Lipinski definition) is 3. The Morgan fingerprint density at radius 1 is 1.21 bits per heavy atom. The minimum absolute atomic E-state index is 0.00327. The van der Waals surface area contributed by atoms with Crippen LogP contribution >= 0.6 is 0 Å². The standard InChI is InChI=1S/C15H19F3N4O2/c1-9(22(3)14(24)15(16,17)18)12(20-2)11(19)13(23)21-10-7-5-4-6-8-10/h4-9,20H,19H2,1-3H3,(H,21,23)/b12-11+. The molecule has 9 heteroatoms. The molecule has 6 nitrogen and oxygen atoms in total. The first kappa shape index (κ1) is 19.3. The second-order valence-corrected chi connectivity index (χ2v) is 4.99. The predicted molar refractivity (Wildman–Crippen MR) is 83.6 cm³/mol. The first-order chi connectivity index (χ1) is 11.1. The smallest absolute Gasteiger partial charge is 0.393 e. The van der Waals surface area contributed by atoms with Gasteiger partial charge < -0.3 is 21.3 Å². The highest BCUT2D eigenvalue weighted by atomic mass is 19.4. The summed E-state index contributed by atoms with van der Waals surface area (Å²) in [4.78, 5) is 23.9. The van der Waals surface area contributed by atoms with Gasteiger partial charge in [0.15, 0.2) is 0 Å². The molecule has 0 heterocycles. The lowest BCUT2D eigenvalue weighted by Crippen LogP contribution is -2.47. The van der Waals surface area contributed by atoms with Gasteiger partial charge in [-0.3, -0.25) is 9.59 Å². The molecule has 0 aromatic heterocycles. The van der Waals surface area contributed by atoms with Gasteiger partial charge in [0.05, 0.1) is 11.7 Å². The first-order valence-electron chi connectivity index (χ1n) is 6.97. The van der Waals surface area contributed by atoms with Gasteiger partial charge in [0.25, 0.3) is 5.91 Å². The monoisotopic (exact) mass is 344 g/mol. The number of alkyl halides is 3. The van der Waals surface area contributed by atoms with E-state index in [0.717, 1.165) is 7.05 Å². The topological polar surface area (TPSA) is 87.5 Å². The van der Waals surface area contributed by atoms with Gasteiger partial charge in [-0.15, -0.1) is 0 Å². The molecule has 0 fully saturated rings. The number of para-hydroxylation sites is 1. The molecule has 1 rings (SSSR count). The third-order valence-electron chi connectivity index (χ3n) is 3.40. The van der Waals surface area contributed by atoms with Crippen molar-refractivity contribution in [1.29, 1.82) is 0 Å². The van der Waals surface area contributed by atoms with Crippen molar-refractivity contribution in [3.05, 3.63) is 41.7 Å². The van der Waals surface area contributed by atoms with Crippen LogP contribution in [0, 0.1) is 0 Å². The third kappa shape index (κ3) is 4.64. The number of amides is 2. The summed E-state index contributed by atoms with van der Waals surface area (Å²) >= 11 is 0. The summed E-state index contributed by atoms with van der Waals surface area (Å²) in [6.07, 6.45) is -5.01. The number of nitrogens with zero attached hydrogens (tertiary/aromatic N) is 1. The molecule has 1 aromatic carbocycles. The Bertz CT molecular complexity index is 629. The van der Waals surface area contributed by atoms with Crippen LogP contribution in [0.15, 0.2) is 41.7 Å². The Morgan fingerprint density at radius 2 is 1.75 bits per heavy atom. The first-order valence-corrected chi connectivity index (χ1v) is 6.97. The van der Waals surface area contributed by atoms with Gasteiger partial charge in [-0.25, -0.2) is 0 Å².